The van der Waals surface area contributed by atoms with E-state index in [9.17, 15) is 17.6 Å². The number of aryl methyl sites for hydroxylation is 1. The number of benzene rings is 2. The van der Waals surface area contributed by atoms with Gasteiger partial charge in [-0.25, -0.2) is 12.8 Å². The summed E-state index contributed by atoms with van der Waals surface area (Å²) in [6, 6.07) is 11.0. The minimum atomic E-state index is -3.82. The van der Waals surface area contributed by atoms with Crippen LogP contribution in [0.15, 0.2) is 42.5 Å². The molecule has 0 radical (unpaired) electrons. The van der Waals surface area contributed by atoms with Crippen LogP contribution in [0.5, 0.6) is 11.5 Å². The lowest BCUT2D eigenvalue weighted by molar-refractivity contribution is -0.119. The zero-order valence-electron chi connectivity index (χ0n) is 16.6. The summed E-state index contributed by atoms with van der Waals surface area (Å²) in [5.41, 5.74) is 0.858. The summed E-state index contributed by atoms with van der Waals surface area (Å²) in [5, 5.41) is 2.67. The van der Waals surface area contributed by atoms with Crippen molar-refractivity contribution < 1.29 is 27.1 Å². The van der Waals surface area contributed by atoms with Crippen LogP contribution in [0.3, 0.4) is 0 Å². The quantitative estimate of drug-likeness (QED) is 0.592. The molecule has 158 valence electrons. The molecule has 0 saturated carbocycles. The number of nitrogens with zero attached hydrogens (tertiary/aromatic N) is 1. The first-order valence-electron chi connectivity index (χ1n) is 8.96. The Kier molecular flexibility index (Phi) is 7.83. The van der Waals surface area contributed by atoms with Gasteiger partial charge in [-0.15, -0.1) is 0 Å². The van der Waals surface area contributed by atoms with E-state index in [4.69, 9.17) is 9.47 Å². The summed E-state index contributed by atoms with van der Waals surface area (Å²) in [7, 11) is -0.693. The lowest BCUT2D eigenvalue weighted by Gasteiger charge is -2.22. The first-order valence-corrected chi connectivity index (χ1v) is 10.8. The molecule has 2 aromatic carbocycles. The number of hydrogen-bond acceptors (Lipinski definition) is 5. The van der Waals surface area contributed by atoms with Crippen molar-refractivity contribution in [3.8, 4) is 11.5 Å². The summed E-state index contributed by atoms with van der Waals surface area (Å²) >= 11 is 0. The number of amides is 1. The predicted molar refractivity (Wildman–Crippen MR) is 109 cm³/mol. The second-order valence-corrected chi connectivity index (χ2v) is 8.27. The third-order valence-corrected chi connectivity index (χ3v) is 5.35. The number of carbonyl (C=O) groups excluding carboxylic acids is 1. The van der Waals surface area contributed by atoms with Crippen LogP contribution >= 0.6 is 0 Å². The molecule has 0 heterocycles. The molecule has 0 aromatic heterocycles. The Labute approximate surface area is 170 Å². The molecule has 0 aliphatic carbocycles. The van der Waals surface area contributed by atoms with Gasteiger partial charge in [0.05, 0.1) is 26.2 Å². The molecule has 0 aliphatic rings. The van der Waals surface area contributed by atoms with Crippen LogP contribution in [-0.2, 0) is 21.2 Å². The molecule has 2 rings (SSSR count). The van der Waals surface area contributed by atoms with E-state index in [1.165, 1.54) is 18.2 Å². The largest absolute Gasteiger partial charge is 0.493 e. The first kappa shape index (κ1) is 22.5. The van der Waals surface area contributed by atoms with E-state index in [0.29, 0.717) is 30.9 Å². The fourth-order valence-corrected chi connectivity index (χ4v) is 3.63. The van der Waals surface area contributed by atoms with Gasteiger partial charge in [0, 0.05) is 6.54 Å². The van der Waals surface area contributed by atoms with Crippen molar-refractivity contribution >= 4 is 21.6 Å². The molecule has 1 amide bonds. The van der Waals surface area contributed by atoms with E-state index < -0.39 is 28.3 Å². The number of rotatable bonds is 10. The molecule has 7 nitrogen and oxygen atoms in total. The lowest BCUT2D eigenvalue weighted by atomic mass is 10.1. The Bertz CT molecular complexity index is 950. The van der Waals surface area contributed by atoms with E-state index in [0.717, 1.165) is 22.2 Å². The minimum Gasteiger partial charge on any atom is -0.493 e. The molecule has 2 aromatic rings. The average molecular weight is 424 g/mol. The molecule has 1 N–H and O–H groups in total. The van der Waals surface area contributed by atoms with E-state index in [1.54, 1.807) is 14.2 Å². The highest BCUT2D eigenvalue weighted by Gasteiger charge is 2.23. The van der Waals surface area contributed by atoms with Gasteiger partial charge in [0.25, 0.3) is 0 Å². The summed E-state index contributed by atoms with van der Waals surface area (Å²) in [6.07, 6.45) is 2.26. The molecular formula is C20H25FN2O5S. The fraction of sp³-hybridized carbons (Fsp3) is 0.350. The van der Waals surface area contributed by atoms with Crippen molar-refractivity contribution in [1.29, 1.82) is 0 Å². The third-order valence-electron chi connectivity index (χ3n) is 4.22. The normalized spacial score (nSPS) is 11.0. The average Bonchev–Trinajstić information content (AvgIpc) is 2.69. The predicted octanol–water partition coefficient (Wildman–Crippen LogP) is 2.36. The maximum Gasteiger partial charge on any atom is 0.240 e. The van der Waals surface area contributed by atoms with Crippen LogP contribution in [0.1, 0.15) is 12.0 Å². The Balaban J connectivity index is 1.91. The molecule has 29 heavy (non-hydrogen) atoms. The van der Waals surface area contributed by atoms with Gasteiger partial charge in [-0.05, 0) is 42.7 Å². The third kappa shape index (κ3) is 6.35. The number of para-hydroxylation sites is 1. The highest BCUT2D eigenvalue weighted by Crippen LogP contribution is 2.28. The summed E-state index contributed by atoms with van der Waals surface area (Å²) in [5.74, 6) is 0.0476. The summed E-state index contributed by atoms with van der Waals surface area (Å²) in [6.45, 7) is -0.141. The molecule has 0 aliphatic heterocycles. The molecule has 0 saturated heterocycles. The van der Waals surface area contributed by atoms with Crippen molar-refractivity contribution in [1.82, 2.24) is 5.32 Å². The van der Waals surface area contributed by atoms with Crippen molar-refractivity contribution in [2.24, 2.45) is 0 Å². The van der Waals surface area contributed by atoms with Crippen molar-refractivity contribution in [3.05, 3.63) is 53.8 Å². The summed E-state index contributed by atoms with van der Waals surface area (Å²) in [4.78, 5) is 12.2. The highest BCUT2D eigenvalue weighted by molar-refractivity contribution is 7.92. The van der Waals surface area contributed by atoms with Crippen LogP contribution in [0.2, 0.25) is 0 Å². The van der Waals surface area contributed by atoms with Gasteiger partial charge in [0.15, 0.2) is 11.5 Å². The van der Waals surface area contributed by atoms with Gasteiger partial charge < -0.3 is 14.8 Å². The number of anilines is 1. The Hall–Kier alpha value is -2.81. The number of methoxy groups -OCH3 is 2. The van der Waals surface area contributed by atoms with Crippen LogP contribution in [0.25, 0.3) is 0 Å². The zero-order chi connectivity index (χ0) is 21.4. The van der Waals surface area contributed by atoms with Gasteiger partial charge in [-0.2, -0.15) is 0 Å². The Morgan fingerprint density at radius 2 is 1.79 bits per heavy atom. The number of nitrogens with one attached hydrogen (secondary N) is 1. The fourth-order valence-electron chi connectivity index (χ4n) is 2.78. The number of halogens is 1. The van der Waals surface area contributed by atoms with Crippen LogP contribution < -0.4 is 19.1 Å². The van der Waals surface area contributed by atoms with E-state index >= 15 is 0 Å². The Morgan fingerprint density at radius 3 is 2.41 bits per heavy atom. The molecule has 0 spiro atoms. The van der Waals surface area contributed by atoms with E-state index in [1.807, 2.05) is 18.2 Å². The van der Waals surface area contributed by atoms with E-state index in [2.05, 4.69) is 5.32 Å². The topological polar surface area (TPSA) is 84.9 Å². The zero-order valence-corrected chi connectivity index (χ0v) is 17.5. The second kappa shape index (κ2) is 10.1. The maximum absolute atomic E-state index is 14.0. The summed E-state index contributed by atoms with van der Waals surface area (Å²) < 4.78 is 49.2. The number of carbonyl (C=O) groups is 1. The van der Waals surface area contributed by atoms with Crippen molar-refractivity contribution in [2.45, 2.75) is 12.8 Å². The van der Waals surface area contributed by atoms with Crippen LogP contribution in [0, 0.1) is 5.82 Å². The molecular weight excluding hydrogens is 399 g/mol. The van der Waals surface area contributed by atoms with E-state index in [-0.39, 0.29) is 5.69 Å². The van der Waals surface area contributed by atoms with Gasteiger partial charge >= 0.3 is 0 Å². The van der Waals surface area contributed by atoms with Gasteiger partial charge in [-0.1, -0.05) is 18.2 Å². The molecule has 0 fully saturated rings. The van der Waals surface area contributed by atoms with Crippen molar-refractivity contribution in [3.63, 3.8) is 0 Å². The SMILES string of the molecule is COc1ccc(CCCNC(=O)CN(c2ccccc2F)S(C)(=O)=O)cc1OC. The first-order chi connectivity index (χ1) is 13.8. The smallest absolute Gasteiger partial charge is 0.240 e. The minimum absolute atomic E-state index is 0.157. The molecule has 0 bridgehead atoms. The van der Waals surface area contributed by atoms with Crippen molar-refractivity contribution in [2.75, 3.05) is 37.9 Å². The van der Waals surface area contributed by atoms with Crippen LogP contribution in [0.4, 0.5) is 10.1 Å². The number of sulfonamides is 1. The van der Waals surface area contributed by atoms with Gasteiger partial charge in [0.2, 0.25) is 15.9 Å². The highest BCUT2D eigenvalue weighted by atomic mass is 32.2. The standard InChI is InChI=1S/C20H25FN2O5S/c1-27-18-11-10-15(13-19(18)28-2)7-6-12-22-20(24)14-23(29(3,25)26)17-9-5-4-8-16(17)21/h4-5,8-11,13H,6-7,12,14H2,1-3H3,(H,22,24). The number of hydrogen-bond donors (Lipinski definition) is 1. The molecule has 0 unspecified atom stereocenters. The Morgan fingerprint density at radius 1 is 1.10 bits per heavy atom. The number of ether oxygens (including phenoxy) is 2. The molecule has 9 heteroatoms. The molecule has 0 atom stereocenters. The van der Waals surface area contributed by atoms with Gasteiger partial charge in [-0.3, -0.25) is 9.10 Å². The maximum atomic E-state index is 14.0. The van der Waals surface area contributed by atoms with Crippen LogP contribution in [-0.4, -0.2) is 47.9 Å². The lowest BCUT2D eigenvalue weighted by Crippen LogP contribution is -2.41. The van der Waals surface area contributed by atoms with Gasteiger partial charge in [0.1, 0.15) is 12.4 Å². The second-order valence-electron chi connectivity index (χ2n) is 6.36. The monoisotopic (exact) mass is 424 g/mol.